The van der Waals surface area contributed by atoms with Crippen LogP contribution < -0.4 is 5.32 Å². The van der Waals surface area contributed by atoms with E-state index in [1.54, 1.807) is 24.4 Å². The highest BCUT2D eigenvalue weighted by atomic mass is 32.2. The number of hydrogen-bond acceptors (Lipinski definition) is 4. The number of nitrogens with zero attached hydrogens (tertiary/aromatic N) is 3. The van der Waals surface area contributed by atoms with Crippen LogP contribution in [-0.4, -0.2) is 45.2 Å². The first-order chi connectivity index (χ1) is 14.1. The minimum absolute atomic E-state index is 0.283. The second kappa shape index (κ2) is 8.80. The zero-order valence-electron chi connectivity index (χ0n) is 16.3. The SMILES string of the molecule is Cc1c(CN2CCSCC2)cccc1NC(=O)c1ccn(-c2cccc(F)c2)n1. The van der Waals surface area contributed by atoms with Gasteiger partial charge in [-0.05, 0) is 48.4 Å². The summed E-state index contributed by atoms with van der Waals surface area (Å²) in [6.07, 6.45) is 1.65. The molecule has 0 bridgehead atoms. The van der Waals surface area contributed by atoms with Crippen LogP contribution in [0.25, 0.3) is 5.69 Å². The van der Waals surface area contributed by atoms with Gasteiger partial charge >= 0.3 is 0 Å². The topological polar surface area (TPSA) is 50.2 Å². The molecule has 4 rings (SSSR count). The third-order valence-corrected chi connectivity index (χ3v) is 6.03. The molecule has 29 heavy (non-hydrogen) atoms. The molecule has 150 valence electrons. The van der Waals surface area contributed by atoms with E-state index >= 15 is 0 Å². The van der Waals surface area contributed by atoms with Gasteiger partial charge in [0, 0.05) is 43.0 Å². The lowest BCUT2D eigenvalue weighted by Crippen LogP contribution is -2.32. The normalized spacial score (nSPS) is 14.7. The minimum Gasteiger partial charge on any atom is -0.320 e. The first-order valence-corrected chi connectivity index (χ1v) is 10.8. The van der Waals surface area contributed by atoms with Crippen LogP contribution in [0.3, 0.4) is 0 Å². The Morgan fingerprint density at radius 1 is 1.17 bits per heavy atom. The van der Waals surface area contributed by atoms with Gasteiger partial charge in [-0.15, -0.1) is 0 Å². The number of benzene rings is 2. The molecule has 3 aromatic rings. The second-order valence-electron chi connectivity index (χ2n) is 7.06. The number of hydrogen-bond donors (Lipinski definition) is 1. The monoisotopic (exact) mass is 410 g/mol. The molecule has 0 saturated carbocycles. The van der Waals surface area contributed by atoms with E-state index in [9.17, 15) is 9.18 Å². The summed E-state index contributed by atoms with van der Waals surface area (Å²) in [6.45, 7) is 5.12. The van der Waals surface area contributed by atoms with Crippen LogP contribution in [0.4, 0.5) is 10.1 Å². The third kappa shape index (κ3) is 4.68. The van der Waals surface area contributed by atoms with E-state index in [-0.39, 0.29) is 17.4 Å². The van der Waals surface area contributed by atoms with Gasteiger partial charge < -0.3 is 5.32 Å². The summed E-state index contributed by atoms with van der Waals surface area (Å²) in [6, 6.07) is 13.7. The number of anilines is 1. The van der Waals surface area contributed by atoms with Crippen LogP contribution in [0.5, 0.6) is 0 Å². The molecule has 5 nitrogen and oxygen atoms in total. The summed E-state index contributed by atoms with van der Waals surface area (Å²) in [5, 5.41) is 7.26. The summed E-state index contributed by atoms with van der Waals surface area (Å²) < 4.78 is 14.9. The molecule has 1 saturated heterocycles. The fraction of sp³-hybridized carbons (Fsp3) is 0.273. The molecule has 1 aliphatic rings. The van der Waals surface area contributed by atoms with Gasteiger partial charge in [0.1, 0.15) is 5.82 Å². The molecule has 0 atom stereocenters. The van der Waals surface area contributed by atoms with E-state index in [1.807, 2.05) is 30.8 Å². The summed E-state index contributed by atoms with van der Waals surface area (Å²) in [5.74, 6) is 1.71. The highest BCUT2D eigenvalue weighted by molar-refractivity contribution is 7.99. The molecular weight excluding hydrogens is 387 g/mol. The van der Waals surface area contributed by atoms with Crippen molar-refractivity contribution >= 4 is 23.4 Å². The summed E-state index contributed by atoms with van der Waals surface area (Å²) in [4.78, 5) is 15.2. The van der Waals surface area contributed by atoms with E-state index in [1.165, 1.54) is 33.9 Å². The fourth-order valence-electron chi connectivity index (χ4n) is 3.38. The maximum absolute atomic E-state index is 13.4. The van der Waals surface area contributed by atoms with Crippen LogP contribution in [0.15, 0.2) is 54.7 Å². The maximum atomic E-state index is 13.4. The Morgan fingerprint density at radius 2 is 1.97 bits per heavy atom. The van der Waals surface area contributed by atoms with Crippen molar-refractivity contribution in [2.45, 2.75) is 13.5 Å². The van der Waals surface area contributed by atoms with Gasteiger partial charge in [-0.3, -0.25) is 9.69 Å². The van der Waals surface area contributed by atoms with Crippen LogP contribution in [0, 0.1) is 12.7 Å². The van der Waals surface area contributed by atoms with E-state index in [0.717, 1.165) is 30.9 Å². The van der Waals surface area contributed by atoms with Gasteiger partial charge in [0.25, 0.3) is 5.91 Å². The maximum Gasteiger partial charge on any atom is 0.276 e. The number of halogens is 1. The van der Waals surface area contributed by atoms with E-state index in [0.29, 0.717) is 5.69 Å². The number of amides is 1. The molecule has 2 aromatic carbocycles. The number of aromatic nitrogens is 2. The molecule has 1 aromatic heterocycles. The summed E-state index contributed by atoms with van der Waals surface area (Å²) >= 11 is 2.00. The van der Waals surface area contributed by atoms with Crippen molar-refractivity contribution in [3.05, 3.63) is 77.4 Å². The van der Waals surface area contributed by atoms with Gasteiger partial charge in [0.05, 0.1) is 5.69 Å². The van der Waals surface area contributed by atoms with Crippen LogP contribution >= 0.6 is 11.8 Å². The lowest BCUT2D eigenvalue weighted by atomic mass is 10.1. The molecule has 1 N–H and O–H groups in total. The first-order valence-electron chi connectivity index (χ1n) is 9.62. The quantitative estimate of drug-likeness (QED) is 0.687. The van der Waals surface area contributed by atoms with Gasteiger partial charge in [-0.25, -0.2) is 9.07 Å². The number of rotatable bonds is 5. The fourth-order valence-corrected chi connectivity index (χ4v) is 4.36. The third-order valence-electron chi connectivity index (χ3n) is 5.09. The molecule has 7 heteroatoms. The number of nitrogens with one attached hydrogen (secondary N) is 1. The van der Waals surface area contributed by atoms with Crippen molar-refractivity contribution < 1.29 is 9.18 Å². The van der Waals surface area contributed by atoms with Gasteiger partial charge in [0.15, 0.2) is 5.69 Å². The number of carbonyl (C=O) groups is 1. The smallest absolute Gasteiger partial charge is 0.276 e. The van der Waals surface area contributed by atoms with Crippen molar-refractivity contribution in [3.8, 4) is 5.69 Å². The standard InChI is InChI=1S/C22H23FN4OS/c1-16-17(15-26-10-12-29-13-11-26)4-2-7-20(16)24-22(28)21-8-9-27(25-21)19-6-3-5-18(23)14-19/h2-9,14H,10-13,15H2,1H3,(H,24,28). The summed E-state index contributed by atoms with van der Waals surface area (Å²) in [7, 11) is 0. The van der Waals surface area contributed by atoms with Crippen molar-refractivity contribution in [2.24, 2.45) is 0 Å². The average Bonchev–Trinajstić information content (AvgIpc) is 3.22. The Bertz CT molecular complexity index is 1010. The average molecular weight is 411 g/mol. The van der Waals surface area contributed by atoms with Gasteiger partial charge in [-0.1, -0.05) is 18.2 Å². The molecule has 2 heterocycles. The second-order valence-corrected chi connectivity index (χ2v) is 8.28. The zero-order valence-corrected chi connectivity index (χ0v) is 17.1. The van der Waals surface area contributed by atoms with Crippen molar-refractivity contribution in [1.29, 1.82) is 0 Å². The molecule has 1 aliphatic heterocycles. The van der Waals surface area contributed by atoms with Crippen molar-refractivity contribution in [1.82, 2.24) is 14.7 Å². The Hall–Kier alpha value is -2.64. The van der Waals surface area contributed by atoms with E-state index in [2.05, 4.69) is 21.4 Å². The Balaban J connectivity index is 1.48. The largest absolute Gasteiger partial charge is 0.320 e. The Labute approximate surface area is 173 Å². The molecule has 0 radical (unpaired) electrons. The number of thioether (sulfide) groups is 1. The molecule has 0 aliphatic carbocycles. The van der Waals surface area contributed by atoms with Crippen LogP contribution in [0.2, 0.25) is 0 Å². The highest BCUT2D eigenvalue weighted by Crippen LogP contribution is 2.22. The van der Waals surface area contributed by atoms with E-state index in [4.69, 9.17) is 0 Å². The molecule has 0 unspecified atom stereocenters. The molecular formula is C22H23FN4OS. The Kier molecular flexibility index (Phi) is 5.97. The highest BCUT2D eigenvalue weighted by Gasteiger charge is 2.15. The first kappa shape index (κ1) is 19.7. The molecule has 1 fully saturated rings. The Morgan fingerprint density at radius 3 is 2.76 bits per heavy atom. The summed E-state index contributed by atoms with van der Waals surface area (Å²) in [5.41, 5.74) is 3.94. The lowest BCUT2D eigenvalue weighted by molar-refractivity contribution is 0.102. The minimum atomic E-state index is -0.344. The van der Waals surface area contributed by atoms with Gasteiger partial charge in [0.2, 0.25) is 0 Å². The molecule has 0 spiro atoms. The van der Waals surface area contributed by atoms with Gasteiger partial charge in [-0.2, -0.15) is 16.9 Å². The van der Waals surface area contributed by atoms with E-state index < -0.39 is 0 Å². The van der Waals surface area contributed by atoms with Crippen LogP contribution in [0.1, 0.15) is 21.6 Å². The lowest BCUT2D eigenvalue weighted by Gasteiger charge is -2.27. The number of carbonyl (C=O) groups excluding carboxylic acids is 1. The van der Waals surface area contributed by atoms with Crippen LogP contribution in [-0.2, 0) is 6.54 Å². The van der Waals surface area contributed by atoms with Crippen molar-refractivity contribution in [2.75, 3.05) is 29.9 Å². The molecule has 1 amide bonds. The van der Waals surface area contributed by atoms with Crippen molar-refractivity contribution in [3.63, 3.8) is 0 Å². The predicted octanol–water partition coefficient (Wildman–Crippen LogP) is 4.12. The predicted molar refractivity (Wildman–Crippen MR) is 115 cm³/mol. The zero-order chi connectivity index (χ0) is 20.2.